The molecular formula is C11H22N4O2S. The summed E-state index contributed by atoms with van der Waals surface area (Å²) in [6.07, 6.45) is 3.34. The van der Waals surface area contributed by atoms with Crippen LogP contribution in [-0.4, -0.2) is 47.3 Å². The first-order valence-corrected chi connectivity index (χ1v) is 8.14. The predicted octanol–water partition coefficient (Wildman–Crippen LogP) is 0.252. The average molecular weight is 274 g/mol. The van der Waals surface area contributed by atoms with Crippen LogP contribution in [0.15, 0.2) is 6.33 Å². The van der Waals surface area contributed by atoms with Crippen molar-refractivity contribution >= 4 is 9.84 Å². The van der Waals surface area contributed by atoms with Crippen LogP contribution >= 0.6 is 0 Å². The summed E-state index contributed by atoms with van der Waals surface area (Å²) in [5, 5.41) is 6.87. The third-order valence-corrected chi connectivity index (χ3v) is 4.79. The van der Waals surface area contributed by atoms with Gasteiger partial charge in [0, 0.05) is 25.3 Å². The largest absolute Gasteiger partial charge is 0.313 e. The lowest BCUT2D eigenvalue weighted by molar-refractivity contribution is 0.471. The summed E-state index contributed by atoms with van der Waals surface area (Å²) in [5.74, 6) is 0.818. The lowest BCUT2D eigenvalue weighted by Crippen LogP contribution is -2.44. The highest BCUT2D eigenvalue weighted by atomic mass is 32.2. The van der Waals surface area contributed by atoms with Gasteiger partial charge in [-0.25, -0.2) is 13.4 Å². The van der Waals surface area contributed by atoms with Gasteiger partial charge in [0.2, 0.25) is 0 Å². The molecule has 0 aliphatic heterocycles. The molecule has 1 N–H and O–H groups in total. The second kappa shape index (κ2) is 6.29. The van der Waals surface area contributed by atoms with Crippen LogP contribution in [-0.2, 0) is 22.8 Å². The lowest BCUT2D eigenvalue weighted by Gasteiger charge is -2.23. The van der Waals surface area contributed by atoms with Gasteiger partial charge < -0.3 is 5.32 Å². The molecule has 2 atom stereocenters. The summed E-state index contributed by atoms with van der Waals surface area (Å²) in [7, 11) is -3.07. The number of hydrogen-bond acceptors (Lipinski definition) is 5. The van der Waals surface area contributed by atoms with Gasteiger partial charge in [-0.15, -0.1) is 0 Å². The highest BCUT2D eigenvalue weighted by Gasteiger charge is 2.26. The molecule has 0 amide bonds. The van der Waals surface area contributed by atoms with Crippen molar-refractivity contribution in [2.45, 2.75) is 45.0 Å². The number of hydrogen-bond donors (Lipinski definition) is 1. The smallest absolute Gasteiger partial charge is 0.151 e. The van der Waals surface area contributed by atoms with Gasteiger partial charge >= 0.3 is 0 Å². The highest BCUT2D eigenvalue weighted by Crippen LogP contribution is 2.10. The van der Waals surface area contributed by atoms with Crippen molar-refractivity contribution in [3.05, 3.63) is 12.2 Å². The maximum Gasteiger partial charge on any atom is 0.151 e. The van der Waals surface area contributed by atoms with Crippen LogP contribution in [0.2, 0.25) is 0 Å². The van der Waals surface area contributed by atoms with E-state index in [-0.39, 0.29) is 6.04 Å². The molecule has 7 heteroatoms. The van der Waals surface area contributed by atoms with Crippen LogP contribution in [0, 0.1) is 0 Å². The maximum absolute atomic E-state index is 11.6. The first-order chi connectivity index (χ1) is 8.40. The molecule has 0 radical (unpaired) electrons. The molecule has 2 unspecified atom stereocenters. The molecule has 104 valence electrons. The number of aryl methyl sites for hydroxylation is 1. The van der Waals surface area contributed by atoms with Gasteiger partial charge in [0.25, 0.3) is 0 Å². The summed E-state index contributed by atoms with van der Waals surface area (Å²) in [4.78, 5) is 4.19. The standard InChI is InChI=1S/C11H22N4O2S/c1-5-12-10(9(3)18(4,16)17)7-11-13-8-14-15(11)6-2/h8-10,12H,5-7H2,1-4H3. The van der Waals surface area contributed by atoms with Crippen molar-refractivity contribution < 1.29 is 8.42 Å². The van der Waals surface area contributed by atoms with Crippen LogP contribution < -0.4 is 5.32 Å². The Balaban J connectivity index is 2.87. The molecule has 1 rings (SSSR count). The molecule has 6 nitrogen and oxygen atoms in total. The fourth-order valence-corrected chi connectivity index (χ4v) is 2.66. The third kappa shape index (κ3) is 3.78. The minimum Gasteiger partial charge on any atom is -0.313 e. The Morgan fingerprint density at radius 2 is 2.11 bits per heavy atom. The van der Waals surface area contributed by atoms with Gasteiger partial charge in [-0.1, -0.05) is 6.92 Å². The number of nitrogens with one attached hydrogen (secondary N) is 1. The Morgan fingerprint density at radius 3 is 2.61 bits per heavy atom. The Hall–Kier alpha value is -0.950. The molecule has 1 heterocycles. The van der Waals surface area contributed by atoms with Gasteiger partial charge in [0.05, 0.1) is 5.25 Å². The number of likely N-dealkylation sites (N-methyl/N-ethyl adjacent to an activating group) is 1. The summed E-state index contributed by atoms with van der Waals surface area (Å²) < 4.78 is 25.1. The minimum atomic E-state index is -3.07. The molecule has 1 aromatic rings. The Labute approximate surface area is 109 Å². The second-order valence-electron chi connectivity index (χ2n) is 4.39. The molecule has 0 aromatic carbocycles. The molecule has 0 spiro atoms. The van der Waals surface area contributed by atoms with E-state index in [1.165, 1.54) is 12.6 Å². The molecule has 1 aromatic heterocycles. The Kier molecular flexibility index (Phi) is 5.28. The highest BCUT2D eigenvalue weighted by molar-refractivity contribution is 7.91. The van der Waals surface area contributed by atoms with Crippen LogP contribution in [0.1, 0.15) is 26.6 Å². The van der Waals surface area contributed by atoms with Crippen LogP contribution in [0.3, 0.4) is 0 Å². The van der Waals surface area contributed by atoms with Crippen molar-refractivity contribution in [3.63, 3.8) is 0 Å². The van der Waals surface area contributed by atoms with E-state index in [1.54, 1.807) is 11.6 Å². The van der Waals surface area contributed by atoms with Gasteiger partial charge in [0.15, 0.2) is 9.84 Å². The zero-order valence-electron chi connectivity index (χ0n) is 11.4. The number of aromatic nitrogens is 3. The monoisotopic (exact) mass is 274 g/mol. The van der Waals surface area contributed by atoms with E-state index in [4.69, 9.17) is 0 Å². The molecule has 0 bridgehead atoms. The van der Waals surface area contributed by atoms with E-state index in [9.17, 15) is 8.42 Å². The van der Waals surface area contributed by atoms with Crippen molar-refractivity contribution in [1.82, 2.24) is 20.1 Å². The molecular weight excluding hydrogens is 252 g/mol. The zero-order valence-corrected chi connectivity index (χ0v) is 12.2. The number of sulfone groups is 1. The summed E-state index contributed by atoms with van der Waals surface area (Å²) in [5.41, 5.74) is 0. The summed E-state index contributed by atoms with van der Waals surface area (Å²) in [6, 6.07) is -0.139. The Morgan fingerprint density at radius 1 is 1.44 bits per heavy atom. The van der Waals surface area contributed by atoms with Crippen LogP contribution in [0.5, 0.6) is 0 Å². The first-order valence-electron chi connectivity index (χ1n) is 6.19. The van der Waals surface area contributed by atoms with Gasteiger partial charge in [-0.05, 0) is 20.4 Å². The second-order valence-corrected chi connectivity index (χ2v) is 6.80. The van der Waals surface area contributed by atoms with Gasteiger partial charge in [-0.2, -0.15) is 5.10 Å². The molecule has 18 heavy (non-hydrogen) atoms. The van der Waals surface area contributed by atoms with E-state index in [1.807, 2.05) is 13.8 Å². The number of rotatable bonds is 7. The van der Waals surface area contributed by atoms with Crippen molar-refractivity contribution in [2.75, 3.05) is 12.8 Å². The third-order valence-electron chi connectivity index (χ3n) is 3.11. The summed E-state index contributed by atoms with van der Waals surface area (Å²) >= 11 is 0. The van der Waals surface area contributed by atoms with Crippen LogP contribution in [0.4, 0.5) is 0 Å². The molecule has 0 saturated carbocycles. The number of nitrogens with zero attached hydrogens (tertiary/aromatic N) is 3. The van der Waals surface area contributed by atoms with Gasteiger partial charge in [0.1, 0.15) is 12.2 Å². The van der Waals surface area contributed by atoms with Crippen LogP contribution in [0.25, 0.3) is 0 Å². The summed E-state index contributed by atoms with van der Waals surface area (Å²) in [6.45, 7) is 7.15. The first kappa shape index (κ1) is 15.1. The molecule has 0 aliphatic rings. The van der Waals surface area contributed by atoms with E-state index < -0.39 is 15.1 Å². The molecule has 0 aliphatic carbocycles. The quantitative estimate of drug-likeness (QED) is 0.771. The minimum absolute atomic E-state index is 0.139. The van der Waals surface area contributed by atoms with E-state index >= 15 is 0 Å². The SMILES string of the molecule is CCNC(Cc1ncnn1CC)C(C)S(C)(=O)=O. The Bertz CT molecular complexity index is 469. The van der Waals surface area contributed by atoms with Gasteiger partial charge in [-0.3, -0.25) is 4.68 Å². The average Bonchev–Trinajstić information content (AvgIpc) is 2.73. The topological polar surface area (TPSA) is 76.9 Å². The molecule has 0 saturated heterocycles. The fraction of sp³-hybridized carbons (Fsp3) is 0.818. The van der Waals surface area contributed by atoms with Crippen molar-refractivity contribution in [2.24, 2.45) is 0 Å². The fourth-order valence-electron chi connectivity index (χ4n) is 1.87. The lowest BCUT2D eigenvalue weighted by atomic mass is 10.1. The van der Waals surface area contributed by atoms with E-state index in [2.05, 4.69) is 15.4 Å². The van der Waals surface area contributed by atoms with Crippen molar-refractivity contribution in [3.8, 4) is 0 Å². The zero-order chi connectivity index (χ0) is 13.8. The predicted molar refractivity (Wildman–Crippen MR) is 71.2 cm³/mol. The maximum atomic E-state index is 11.6. The van der Waals surface area contributed by atoms with E-state index in [0.29, 0.717) is 6.42 Å². The van der Waals surface area contributed by atoms with E-state index in [0.717, 1.165) is 18.9 Å². The van der Waals surface area contributed by atoms with Crippen molar-refractivity contribution in [1.29, 1.82) is 0 Å². The molecule has 0 fully saturated rings. The normalized spacial score (nSPS) is 15.6.